The van der Waals surface area contributed by atoms with E-state index in [2.05, 4.69) is 13.8 Å². The summed E-state index contributed by atoms with van der Waals surface area (Å²) in [7, 11) is 0. The van der Waals surface area contributed by atoms with Crippen molar-refractivity contribution in [2.45, 2.75) is 51.3 Å². The van der Waals surface area contributed by atoms with Crippen molar-refractivity contribution in [2.75, 3.05) is 0 Å². The van der Waals surface area contributed by atoms with E-state index >= 15 is 0 Å². The molecular formula is C10H19Cl. The lowest BCUT2D eigenvalue weighted by molar-refractivity contribution is 0.387. The van der Waals surface area contributed by atoms with E-state index in [1.54, 1.807) is 0 Å². The van der Waals surface area contributed by atoms with E-state index in [1.165, 1.54) is 32.1 Å². The van der Waals surface area contributed by atoms with Gasteiger partial charge in [-0.05, 0) is 24.7 Å². The number of rotatable bonds is 3. The highest BCUT2D eigenvalue weighted by molar-refractivity contribution is 6.20. The molecule has 0 spiro atoms. The van der Waals surface area contributed by atoms with Crippen LogP contribution in [0.15, 0.2) is 0 Å². The minimum Gasteiger partial charge on any atom is -0.123 e. The molecule has 0 saturated heterocycles. The summed E-state index contributed by atoms with van der Waals surface area (Å²) in [6.07, 6.45) is 6.61. The van der Waals surface area contributed by atoms with Crippen molar-refractivity contribution in [3.8, 4) is 0 Å². The fourth-order valence-electron chi connectivity index (χ4n) is 2.20. The van der Waals surface area contributed by atoms with Gasteiger partial charge in [-0.3, -0.25) is 0 Å². The monoisotopic (exact) mass is 174 g/mol. The molecule has 3 unspecified atom stereocenters. The molecule has 0 N–H and O–H groups in total. The Hall–Kier alpha value is 0.290. The molecular weight excluding hydrogens is 156 g/mol. The smallest absolute Gasteiger partial charge is 0.0366 e. The molecule has 1 fully saturated rings. The van der Waals surface area contributed by atoms with E-state index in [1.807, 2.05) is 0 Å². The van der Waals surface area contributed by atoms with Crippen LogP contribution in [0.5, 0.6) is 0 Å². The van der Waals surface area contributed by atoms with Crippen molar-refractivity contribution < 1.29 is 0 Å². The number of hydrogen-bond donors (Lipinski definition) is 0. The quantitative estimate of drug-likeness (QED) is 0.571. The highest BCUT2D eigenvalue weighted by atomic mass is 35.5. The molecule has 1 aliphatic rings. The van der Waals surface area contributed by atoms with Gasteiger partial charge in [0.1, 0.15) is 0 Å². The standard InChI is InChI=1S/C10H19Cl/c1-3-5-10(11)9-7-4-6-8(9)2/h8-10H,3-7H2,1-2H3. The first-order valence-corrected chi connectivity index (χ1v) is 5.33. The number of alkyl halides is 1. The fourth-order valence-corrected chi connectivity index (χ4v) is 2.79. The summed E-state index contributed by atoms with van der Waals surface area (Å²) in [4.78, 5) is 0. The lowest BCUT2D eigenvalue weighted by Crippen LogP contribution is -2.16. The summed E-state index contributed by atoms with van der Waals surface area (Å²) in [5.41, 5.74) is 0. The number of hydrogen-bond acceptors (Lipinski definition) is 0. The highest BCUT2D eigenvalue weighted by Crippen LogP contribution is 2.37. The first-order valence-electron chi connectivity index (χ1n) is 4.89. The molecule has 0 nitrogen and oxygen atoms in total. The zero-order valence-corrected chi connectivity index (χ0v) is 8.40. The van der Waals surface area contributed by atoms with Crippen LogP contribution in [0, 0.1) is 11.8 Å². The Kier molecular flexibility index (Phi) is 3.71. The third-order valence-electron chi connectivity index (χ3n) is 2.96. The van der Waals surface area contributed by atoms with E-state index in [4.69, 9.17) is 11.6 Å². The van der Waals surface area contributed by atoms with Gasteiger partial charge in [0, 0.05) is 5.38 Å². The summed E-state index contributed by atoms with van der Waals surface area (Å²) in [6.45, 7) is 4.57. The van der Waals surface area contributed by atoms with Crippen molar-refractivity contribution in [2.24, 2.45) is 11.8 Å². The van der Waals surface area contributed by atoms with Crippen LogP contribution in [-0.4, -0.2) is 5.38 Å². The largest absolute Gasteiger partial charge is 0.123 e. The van der Waals surface area contributed by atoms with E-state index in [9.17, 15) is 0 Å². The Morgan fingerprint density at radius 2 is 2.18 bits per heavy atom. The summed E-state index contributed by atoms with van der Waals surface area (Å²) < 4.78 is 0. The Labute approximate surface area is 75.3 Å². The zero-order valence-electron chi connectivity index (χ0n) is 7.65. The molecule has 0 aromatic heterocycles. The first-order chi connectivity index (χ1) is 5.25. The van der Waals surface area contributed by atoms with Gasteiger partial charge in [0.15, 0.2) is 0 Å². The normalized spacial score (nSPS) is 34.1. The van der Waals surface area contributed by atoms with E-state index in [0.717, 1.165) is 11.8 Å². The predicted molar refractivity (Wildman–Crippen MR) is 51.1 cm³/mol. The molecule has 0 amide bonds. The number of halogens is 1. The molecule has 0 aromatic carbocycles. The van der Waals surface area contributed by atoms with Crippen molar-refractivity contribution in [3.63, 3.8) is 0 Å². The molecule has 0 radical (unpaired) electrons. The summed E-state index contributed by atoms with van der Waals surface area (Å²) in [5, 5.41) is 0.456. The average Bonchev–Trinajstić information content (AvgIpc) is 2.36. The van der Waals surface area contributed by atoms with Crippen LogP contribution in [0.25, 0.3) is 0 Å². The second kappa shape index (κ2) is 4.35. The fraction of sp³-hybridized carbons (Fsp3) is 1.00. The molecule has 1 heteroatoms. The third kappa shape index (κ3) is 2.37. The van der Waals surface area contributed by atoms with Crippen LogP contribution in [0.1, 0.15) is 46.0 Å². The summed E-state index contributed by atoms with van der Waals surface area (Å²) in [5.74, 6) is 1.70. The Morgan fingerprint density at radius 1 is 1.45 bits per heavy atom. The molecule has 3 atom stereocenters. The van der Waals surface area contributed by atoms with Gasteiger partial charge in [-0.1, -0.05) is 33.1 Å². The minimum atomic E-state index is 0.456. The van der Waals surface area contributed by atoms with Crippen molar-refractivity contribution in [1.82, 2.24) is 0 Å². The van der Waals surface area contributed by atoms with Gasteiger partial charge in [-0.25, -0.2) is 0 Å². The van der Waals surface area contributed by atoms with Gasteiger partial charge in [-0.2, -0.15) is 0 Å². The Balaban J connectivity index is 2.33. The Bertz CT molecular complexity index is 111. The summed E-state index contributed by atoms with van der Waals surface area (Å²) >= 11 is 6.28. The predicted octanol–water partition coefficient (Wildman–Crippen LogP) is 3.83. The maximum absolute atomic E-state index is 6.28. The minimum absolute atomic E-state index is 0.456. The molecule has 0 aliphatic heterocycles. The van der Waals surface area contributed by atoms with E-state index in [-0.39, 0.29) is 0 Å². The topological polar surface area (TPSA) is 0 Å². The van der Waals surface area contributed by atoms with Crippen LogP contribution in [-0.2, 0) is 0 Å². The second-order valence-electron chi connectivity index (χ2n) is 3.88. The van der Waals surface area contributed by atoms with Crippen molar-refractivity contribution in [3.05, 3.63) is 0 Å². The maximum Gasteiger partial charge on any atom is 0.0366 e. The molecule has 1 rings (SSSR count). The maximum atomic E-state index is 6.28. The third-order valence-corrected chi connectivity index (χ3v) is 3.50. The van der Waals surface area contributed by atoms with Gasteiger partial charge in [-0.15, -0.1) is 11.6 Å². The van der Waals surface area contributed by atoms with Gasteiger partial charge < -0.3 is 0 Å². The van der Waals surface area contributed by atoms with Crippen LogP contribution in [0.2, 0.25) is 0 Å². The average molecular weight is 175 g/mol. The molecule has 66 valence electrons. The van der Waals surface area contributed by atoms with Gasteiger partial charge in [0.2, 0.25) is 0 Å². The lowest BCUT2D eigenvalue weighted by atomic mass is 9.92. The molecule has 0 bridgehead atoms. The van der Waals surface area contributed by atoms with Gasteiger partial charge in [0.05, 0.1) is 0 Å². The lowest BCUT2D eigenvalue weighted by Gasteiger charge is -2.20. The van der Waals surface area contributed by atoms with Gasteiger partial charge >= 0.3 is 0 Å². The van der Waals surface area contributed by atoms with Crippen LogP contribution >= 0.6 is 11.6 Å². The van der Waals surface area contributed by atoms with E-state index < -0.39 is 0 Å². The first kappa shape index (κ1) is 9.38. The molecule has 0 heterocycles. The molecule has 1 aliphatic carbocycles. The molecule has 0 aromatic rings. The second-order valence-corrected chi connectivity index (χ2v) is 4.44. The van der Waals surface area contributed by atoms with Crippen LogP contribution < -0.4 is 0 Å². The zero-order chi connectivity index (χ0) is 8.27. The summed E-state index contributed by atoms with van der Waals surface area (Å²) in [6, 6.07) is 0. The van der Waals surface area contributed by atoms with E-state index in [0.29, 0.717) is 5.38 Å². The van der Waals surface area contributed by atoms with Crippen molar-refractivity contribution in [1.29, 1.82) is 0 Å². The molecule has 11 heavy (non-hydrogen) atoms. The molecule has 1 saturated carbocycles. The highest BCUT2D eigenvalue weighted by Gasteiger charge is 2.28. The van der Waals surface area contributed by atoms with Crippen molar-refractivity contribution >= 4 is 11.6 Å². The van der Waals surface area contributed by atoms with Crippen LogP contribution in [0.3, 0.4) is 0 Å². The SMILES string of the molecule is CCCC(Cl)C1CCCC1C. The van der Waals surface area contributed by atoms with Crippen LogP contribution in [0.4, 0.5) is 0 Å². The van der Waals surface area contributed by atoms with Gasteiger partial charge in [0.25, 0.3) is 0 Å². The Morgan fingerprint density at radius 3 is 2.64 bits per heavy atom.